The van der Waals surface area contributed by atoms with Crippen molar-refractivity contribution in [2.75, 3.05) is 11.5 Å². The zero-order valence-corrected chi connectivity index (χ0v) is 9.30. The highest BCUT2D eigenvalue weighted by atomic mass is 32.2. The van der Waals surface area contributed by atoms with Gasteiger partial charge in [0, 0.05) is 17.8 Å². The maximum absolute atomic E-state index is 11.0. The molecule has 1 aliphatic heterocycles. The molecule has 0 unspecified atom stereocenters. The summed E-state index contributed by atoms with van der Waals surface area (Å²) in [6.07, 6.45) is 3.55. The van der Waals surface area contributed by atoms with Gasteiger partial charge in [0.2, 0.25) is 0 Å². The van der Waals surface area contributed by atoms with E-state index in [0.29, 0.717) is 12.1 Å². The third-order valence-corrected chi connectivity index (χ3v) is 4.25. The molecule has 0 aromatic heterocycles. The van der Waals surface area contributed by atoms with Crippen molar-refractivity contribution < 1.29 is 9.90 Å². The van der Waals surface area contributed by atoms with Gasteiger partial charge in [-0.05, 0) is 31.9 Å². The minimum atomic E-state index is -0.672. The highest BCUT2D eigenvalue weighted by Crippen LogP contribution is 2.35. The second kappa shape index (κ2) is 4.11. The fourth-order valence-corrected chi connectivity index (χ4v) is 3.40. The van der Waals surface area contributed by atoms with Crippen molar-refractivity contribution in [3.63, 3.8) is 0 Å². The van der Waals surface area contributed by atoms with Crippen molar-refractivity contribution in [2.24, 2.45) is 0 Å². The number of carbonyl (C=O) groups is 1. The number of rotatable bonds is 4. The molecule has 0 radical (unpaired) electrons. The first-order valence-corrected chi connectivity index (χ1v) is 6.43. The van der Waals surface area contributed by atoms with E-state index in [0.717, 1.165) is 5.75 Å². The molecule has 0 amide bonds. The van der Waals surface area contributed by atoms with Crippen LogP contribution < -0.4 is 0 Å². The third-order valence-electron chi connectivity index (χ3n) is 3.10. The molecule has 2 fully saturated rings. The van der Waals surface area contributed by atoms with Crippen LogP contribution in [0.2, 0.25) is 0 Å². The van der Waals surface area contributed by atoms with Gasteiger partial charge in [0.25, 0.3) is 0 Å². The van der Waals surface area contributed by atoms with Crippen LogP contribution in [0.15, 0.2) is 0 Å². The van der Waals surface area contributed by atoms with E-state index in [1.165, 1.54) is 25.0 Å². The van der Waals surface area contributed by atoms with E-state index in [9.17, 15) is 4.79 Å². The molecule has 1 N–H and O–H groups in total. The standard InChI is InChI=1S/C10H17NO2S/c1-7(10(12)13)11(8-2-3-8)9-4-5-14-6-9/h7-9H,2-6H2,1H3,(H,12,13)/t7-,9+/m1/s1. The first-order chi connectivity index (χ1) is 6.70. The van der Waals surface area contributed by atoms with Crippen molar-refractivity contribution >= 4 is 17.7 Å². The molecule has 80 valence electrons. The number of nitrogens with zero attached hydrogens (tertiary/aromatic N) is 1. The fourth-order valence-electron chi connectivity index (χ4n) is 2.19. The number of aliphatic carboxylic acids is 1. The minimum absolute atomic E-state index is 0.300. The second-order valence-electron chi connectivity index (χ2n) is 4.21. The number of hydrogen-bond acceptors (Lipinski definition) is 3. The monoisotopic (exact) mass is 215 g/mol. The molecule has 0 aromatic carbocycles. The molecule has 14 heavy (non-hydrogen) atoms. The van der Waals surface area contributed by atoms with E-state index in [1.54, 1.807) is 0 Å². The van der Waals surface area contributed by atoms with Crippen LogP contribution in [0.4, 0.5) is 0 Å². The summed E-state index contributed by atoms with van der Waals surface area (Å²) >= 11 is 1.95. The molecule has 2 rings (SSSR count). The molecule has 1 aliphatic carbocycles. The van der Waals surface area contributed by atoms with E-state index in [4.69, 9.17) is 5.11 Å². The van der Waals surface area contributed by atoms with Crippen LogP contribution in [0.5, 0.6) is 0 Å². The molecule has 0 spiro atoms. The Labute approximate surface area is 88.9 Å². The van der Waals surface area contributed by atoms with Crippen molar-refractivity contribution in [3.8, 4) is 0 Å². The van der Waals surface area contributed by atoms with Crippen LogP contribution in [-0.4, -0.2) is 45.6 Å². The zero-order valence-electron chi connectivity index (χ0n) is 8.48. The van der Waals surface area contributed by atoms with Gasteiger partial charge >= 0.3 is 5.97 Å². The summed E-state index contributed by atoms with van der Waals surface area (Å²) in [7, 11) is 0. The summed E-state index contributed by atoms with van der Waals surface area (Å²) in [5.41, 5.74) is 0. The second-order valence-corrected chi connectivity index (χ2v) is 5.36. The van der Waals surface area contributed by atoms with Crippen molar-refractivity contribution in [1.29, 1.82) is 0 Å². The summed E-state index contributed by atoms with van der Waals surface area (Å²) in [4.78, 5) is 13.2. The van der Waals surface area contributed by atoms with Crippen LogP contribution in [-0.2, 0) is 4.79 Å². The average Bonchev–Trinajstić information content (AvgIpc) is 2.81. The number of hydrogen-bond donors (Lipinski definition) is 1. The van der Waals surface area contributed by atoms with Gasteiger partial charge in [0.1, 0.15) is 6.04 Å². The smallest absolute Gasteiger partial charge is 0.320 e. The molecule has 4 heteroatoms. The van der Waals surface area contributed by atoms with Gasteiger partial charge in [-0.1, -0.05) is 0 Å². The van der Waals surface area contributed by atoms with E-state index in [1.807, 2.05) is 18.7 Å². The van der Waals surface area contributed by atoms with Gasteiger partial charge in [-0.2, -0.15) is 11.8 Å². The summed E-state index contributed by atoms with van der Waals surface area (Å²) in [5, 5.41) is 9.04. The van der Waals surface area contributed by atoms with E-state index >= 15 is 0 Å². The Hall–Kier alpha value is -0.220. The van der Waals surface area contributed by atoms with Crippen molar-refractivity contribution in [2.45, 2.75) is 44.3 Å². The Morgan fingerprint density at radius 3 is 2.57 bits per heavy atom. The summed E-state index contributed by atoms with van der Waals surface area (Å²) in [5.74, 6) is 1.64. The zero-order chi connectivity index (χ0) is 10.1. The SMILES string of the molecule is C[C@H](C(=O)O)N(C1CC1)[C@H]1CCSC1. The van der Waals surface area contributed by atoms with Gasteiger partial charge in [-0.15, -0.1) is 0 Å². The lowest BCUT2D eigenvalue weighted by atomic mass is 10.1. The first kappa shape index (κ1) is 10.3. The lowest BCUT2D eigenvalue weighted by Gasteiger charge is -2.31. The average molecular weight is 215 g/mol. The Bertz CT molecular complexity index is 224. The largest absolute Gasteiger partial charge is 0.480 e. The minimum Gasteiger partial charge on any atom is -0.480 e. The highest BCUT2D eigenvalue weighted by molar-refractivity contribution is 7.99. The molecule has 1 saturated heterocycles. The summed E-state index contributed by atoms with van der Waals surface area (Å²) in [6, 6.07) is 0.773. The van der Waals surface area contributed by atoms with Gasteiger partial charge in [0.05, 0.1) is 0 Å². The van der Waals surface area contributed by atoms with Crippen molar-refractivity contribution in [3.05, 3.63) is 0 Å². The van der Waals surface area contributed by atoms with Crippen molar-refractivity contribution in [1.82, 2.24) is 4.90 Å². The molecule has 2 aliphatic rings. The maximum atomic E-state index is 11.0. The molecule has 2 atom stereocenters. The van der Waals surface area contributed by atoms with E-state index in [2.05, 4.69) is 4.90 Å². The topological polar surface area (TPSA) is 40.5 Å². The molecule has 1 heterocycles. The fraction of sp³-hybridized carbons (Fsp3) is 0.900. The Morgan fingerprint density at radius 2 is 2.14 bits per heavy atom. The third kappa shape index (κ3) is 2.06. The number of carboxylic acid groups (broad SMARTS) is 1. The summed E-state index contributed by atoms with van der Waals surface area (Å²) < 4.78 is 0. The Morgan fingerprint density at radius 1 is 1.43 bits per heavy atom. The Kier molecular flexibility index (Phi) is 3.02. The maximum Gasteiger partial charge on any atom is 0.320 e. The van der Waals surface area contributed by atoms with Gasteiger partial charge in [-0.3, -0.25) is 9.69 Å². The van der Waals surface area contributed by atoms with Crippen LogP contribution in [0, 0.1) is 0 Å². The molecular weight excluding hydrogens is 198 g/mol. The van der Waals surface area contributed by atoms with Gasteiger partial charge < -0.3 is 5.11 Å². The predicted molar refractivity (Wildman–Crippen MR) is 57.7 cm³/mol. The first-order valence-electron chi connectivity index (χ1n) is 5.28. The predicted octanol–water partition coefficient (Wildman–Crippen LogP) is 1.43. The lowest BCUT2D eigenvalue weighted by molar-refractivity contribution is -0.143. The molecule has 0 bridgehead atoms. The van der Waals surface area contributed by atoms with Gasteiger partial charge in [-0.25, -0.2) is 0 Å². The van der Waals surface area contributed by atoms with Crippen LogP contribution >= 0.6 is 11.8 Å². The summed E-state index contributed by atoms with van der Waals surface area (Å²) in [6.45, 7) is 1.82. The molecular formula is C10H17NO2S. The lowest BCUT2D eigenvalue weighted by Crippen LogP contribution is -2.47. The van der Waals surface area contributed by atoms with Gasteiger partial charge in [0.15, 0.2) is 0 Å². The highest BCUT2D eigenvalue weighted by Gasteiger charge is 2.40. The van der Waals surface area contributed by atoms with Crippen LogP contribution in [0.1, 0.15) is 26.2 Å². The number of thioether (sulfide) groups is 1. The Balaban J connectivity index is 2.02. The van der Waals surface area contributed by atoms with Crippen LogP contribution in [0.3, 0.4) is 0 Å². The molecule has 1 saturated carbocycles. The molecule has 3 nitrogen and oxygen atoms in total. The quantitative estimate of drug-likeness (QED) is 0.770. The number of carboxylic acids is 1. The van der Waals surface area contributed by atoms with Crippen LogP contribution in [0.25, 0.3) is 0 Å². The molecule has 0 aromatic rings. The normalized spacial score (nSPS) is 29.4. The van der Waals surface area contributed by atoms with E-state index in [-0.39, 0.29) is 6.04 Å². The van der Waals surface area contributed by atoms with E-state index < -0.39 is 5.97 Å².